The molecule has 1 aromatic heterocycles. The Balaban J connectivity index is 1.65. The van der Waals surface area contributed by atoms with Crippen LogP contribution in [0.4, 0.5) is 20.4 Å². The van der Waals surface area contributed by atoms with Crippen molar-refractivity contribution in [1.82, 2.24) is 15.3 Å². The Kier molecular flexibility index (Phi) is 4.68. The minimum absolute atomic E-state index is 0.359. The van der Waals surface area contributed by atoms with Gasteiger partial charge in [-0.05, 0) is 38.3 Å². The molecule has 3 aliphatic rings. The number of hydrogen-bond donors (Lipinski definition) is 3. The van der Waals surface area contributed by atoms with E-state index in [2.05, 4.69) is 25.9 Å². The molecule has 142 valence electrons. The molecule has 1 saturated carbocycles. The third kappa shape index (κ3) is 4.02. The molecule has 0 aromatic carbocycles. The van der Waals surface area contributed by atoms with Gasteiger partial charge in [0.15, 0.2) is 0 Å². The number of hydrogen-bond acceptors (Lipinski definition) is 5. The summed E-state index contributed by atoms with van der Waals surface area (Å²) in [6, 6.07) is 2.17. The zero-order valence-corrected chi connectivity index (χ0v) is 15.2. The molecule has 2 heterocycles. The summed E-state index contributed by atoms with van der Waals surface area (Å²) in [6.07, 6.45) is 12.9. The highest BCUT2D eigenvalue weighted by Crippen LogP contribution is 2.36. The van der Waals surface area contributed by atoms with Crippen molar-refractivity contribution in [3.63, 3.8) is 0 Å². The average molecular weight is 371 g/mol. The Morgan fingerprint density at radius 3 is 2.74 bits per heavy atom. The maximum Gasteiger partial charge on any atom is 0.143 e. The third-order valence-electron chi connectivity index (χ3n) is 5.06. The van der Waals surface area contributed by atoms with Gasteiger partial charge in [-0.25, -0.2) is 18.7 Å². The standard InChI is InChI=1S/C20H23F2N5/c1-20(22)8-3-2-7-16(20)19-26-17(24-14-5-4-6-14)10-18(27-19)25-15-9-13(21)11-23-12-15/h2-3,7-11,14,16,23H,4-6,12H2,1H3,(H2,24,25,26,27). The number of allylic oxidation sites excluding steroid dienone is 6. The first kappa shape index (κ1) is 17.7. The third-order valence-corrected chi connectivity index (χ3v) is 5.06. The summed E-state index contributed by atoms with van der Waals surface area (Å²) < 4.78 is 28.5. The number of halogens is 2. The van der Waals surface area contributed by atoms with Crippen LogP contribution in [0.15, 0.2) is 54.2 Å². The maximum absolute atomic E-state index is 15.0. The van der Waals surface area contributed by atoms with Crippen LogP contribution in [0.1, 0.15) is 37.9 Å². The Labute approximate surface area is 157 Å². The summed E-state index contributed by atoms with van der Waals surface area (Å²) in [6.45, 7) is 1.99. The predicted molar refractivity (Wildman–Crippen MR) is 103 cm³/mol. The minimum Gasteiger partial charge on any atom is -0.383 e. The second kappa shape index (κ2) is 7.13. The molecule has 3 N–H and O–H groups in total. The van der Waals surface area contributed by atoms with Crippen LogP contribution in [-0.4, -0.2) is 28.2 Å². The van der Waals surface area contributed by atoms with E-state index >= 15 is 0 Å². The Morgan fingerprint density at radius 2 is 2.04 bits per heavy atom. The lowest BCUT2D eigenvalue weighted by molar-refractivity contribution is 0.226. The van der Waals surface area contributed by atoms with Crippen molar-refractivity contribution in [2.75, 3.05) is 17.2 Å². The van der Waals surface area contributed by atoms with Crippen molar-refractivity contribution < 1.29 is 8.78 Å². The van der Waals surface area contributed by atoms with Gasteiger partial charge in [0.1, 0.15) is 29.0 Å². The van der Waals surface area contributed by atoms with Crippen LogP contribution in [0.3, 0.4) is 0 Å². The fraction of sp³-hybridized carbons (Fsp3) is 0.400. The fourth-order valence-electron chi connectivity index (χ4n) is 3.32. The van der Waals surface area contributed by atoms with Gasteiger partial charge in [0.2, 0.25) is 0 Å². The molecule has 5 nitrogen and oxygen atoms in total. The van der Waals surface area contributed by atoms with E-state index < -0.39 is 11.6 Å². The number of alkyl halides is 1. The van der Waals surface area contributed by atoms with Gasteiger partial charge in [-0.1, -0.05) is 18.2 Å². The van der Waals surface area contributed by atoms with Gasteiger partial charge >= 0.3 is 0 Å². The van der Waals surface area contributed by atoms with Crippen LogP contribution < -0.4 is 16.0 Å². The Bertz CT molecular complexity index is 837. The molecule has 4 rings (SSSR count). The molecule has 2 aliphatic carbocycles. The van der Waals surface area contributed by atoms with Gasteiger partial charge in [-0.15, -0.1) is 0 Å². The van der Waals surface area contributed by atoms with E-state index in [9.17, 15) is 8.78 Å². The molecule has 7 heteroatoms. The lowest BCUT2D eigenvalue weighted by Gasteiger charge is -2.29. The number of nitrogens with one attached hydrogen (secondary N) is 3. The monoisotopic (exact) mass is 371 g/mol. The predicted octanol–water partition coefficient (Wildman–Crippen LogP) is 4.09. The molecule has 0 bridgehead atoms. The lowest BCUT2D eigenvalue weighted by Crippen LogP contribution is -2.30. The van der Waals surface area contributed by atoms with Crippen molar-refractivity contribution >= 4 is 11.6 Å². The van der Waals surface area contributed by atoms with E-state index in [1.807, 2.05) is 6.08 Å². The maximum atomic E-state index is 15.0. The van der Waals surface area contributed by atoms with Crippen molar-refractivity contribution in [3.05, 3.63) is 60.0 Å². The molecule has 0 amide bonds. The second-order valence-corrected chi connectivity index (χ2v) is 7.35. The van der Waals surface area contributed by atoms with Gasteiger partial charge in [-0.3, -0.25) is 0 Å². The highest BCUT2D eigenvalue weighted by atomic mass is 19.1. The van der Waals surface area contributed by atoms with Crippen molar-refractivity contribution in [3.8, 4) is 0 Å². The highest BCUT2D eigenvalue weighted by Gasteiger charge is 2.35. The summed E-state index contributed by atoms with van der Waals surface area (Å²) in [4.78, 5) is 9.10. The first-order chi connectivity index (χ1) is 13.0. The van der Waals surface area contributed by atoms with Crippen LogP contribution >= 0.6 is 0 Å². The second-order valence-electron chi connectivity index (χ2n) is 7.35. The van der Waals surface area contributed by atoms with Crippen molar-refractivity contribution in [1.29, 1.82) is 0 Å². The molecule has 0 saturated heterocycles. The molecule has 2 unspecified atom stereocenters. The largest absolute Gasteiger partial charge is 0.383 e. The smallest absolute Gasteiger partial charge is 0.143 e. The van der Waals surface area contributed by atoms with Gasteiger partial charge < -0.3 is 16.0 Å². The molecule has 27 heavy (non-hydrogen) atoms. The number of nitrogens with zero attached hydrogens (tertiary/aromatic N) is 2. The van der Waals surface area contributed by atoms with E-state index in [4.69, 9.17) is 0 Å². The van der Waals surface area contributed by atoms with Gasteiger partial charge in [0.25, 0.3) is 0 Å². The molecule has 0 radical (unpaired) electrons. The SMILES string of the molecule is CC1(F)C=CC=CC1c1nc(NC2=CC(F)=CNC2)cc(NC2CCC2)n1. The average Bonchev–Trinajstić information content (AvgIpc) is 2.57. The molecular weight excluding hydrogens is 348 g/mol. The van der Waals surface area contributed by atoms with E-state index in [1.165, 1.54) is 31.7 Å². The number of dihydropyridines is 1. The molecule has 1 aromatic rings. The minimum atomic E-state index is -1.57. The van der Waals surface area contributed by atoms with Gasteiger partial charge in [0.05, 0.1) is 12.5 Å². The van der Waals surface area contributed by atoms with E-state index in [0.29, 0.717) is 35.7 Å². The summed E-state index contributed by atoms with van der Waals surface area (Å²) in [5.41, 5.74) is -0.918. The normalized spacial score (nSPS) is 27.3. The number of anilines is 2. The summed E-state index contributed by atoms with van der Waals surface area (Å²) in [7, 11) is 0. The van der Waals surface area contributed by atoms with Gasteiger partial charge in [0, 0.05) is 24.0 Å². The van der Waals surface area contributed by atoms with Crippen molar-refractivity contribution in [2.45, 2.75) is 43.8 Å². The van der Waals surface area contributed by atoms with E-state index in [0.717, 1.165) is 12.8 Å². The van der Waals surface area contributed by atoms with Crippen LogP contribution in [0.5, 0.6) is 0 Å². The van der Waals surface area contributed by atoms with Crippen LogP contribution in [-0.2, 0) is 0 Å². The molecule has 0 spiro atoms. The molecule has 1 aliphatic heterocycles. The first-order valence-electron chi connectivity index (χ1n) is 9.27. The highest BCUT2D eigenvalue weighted by molar-refractivity contribution is 5.53. The summed E-state index contributed by atoms with van der Waals surface area (Å²) >= 11 is 0. The first-order valence-corrected chi connectivity index (χ1v) is 9.27. The Hall–Kier alpha value is -2.70. The van der Waals surface area contributed by atoms with E-state index in [1.54, 1.807) is 18.2 Å². The topological polar surface area (TPSA) is 61.9 Å². The van der Waals surface area contributed by atoms with Crippen LogP contribution in [0, 0.1) is 0 Å². The van der Waals surface area contributed by atoms with Crippen molar-refractivity contribution in [2.24, 2.45) is 0 Å². The molecule has 1 fully saturated rings. The van der Waals surface area contributed by atoms with E-state index in [-0.39, 0.29) is 5.83 Å². The summed E-state index contributed by atoms with van der Waals surface area (Å²) in [5, 5.41) is 9.38. The summed E-state index contributed by atoms with van der Waals surface area (Å²) in [5.74, 6) is 0.631. The quantitative estimate of drug-likeness (QED) is 0.728. The number of rotatable bonds is 5. The van der Waals surface area contributed by atoms with Crippen LogP contribution in [0.2, 0.25) is 0 Å². The zero-order valence-electron chi connectivity index (χ0n) is 15.2. The van der Waals surface area contributed by atoms with Crippen LogP contribution in [0.25, 0.3) is 0 Å². The Morgan fingerprint density at radius 1 is 1.22 bits per heavy atom. The lowest BCUT2D eigenvalue weighted by atomic mass is 9.86. The molecule has 2 atom stereocenters. The zero-order chi connectivity index (χ0) is 18.9. The van der Waals surface area contributed by atoms with Gasteiger partial charge in [-0.2, -0.15) is 0 Å². The molecular formula is C20H23F2N5. The number of aromatic nitrogens is 2. The fourth-order valence-corrected chi connectivity index (χ4v) is 3.32.